The number of nitriles is 1. The van der Waals surface area contributed by atoms with Crippen LogP contribution in [0.1, 0.15) is 65.8 Å². The Balaban J connectivity index is 1.18. The molecule has 13 heteroatoms. The summed E-state index contributed by atoms with van der Waals surface area (Å²) in [5.41, 5.74) is 2.48. The van der Waals surface area contributed by atoms with Gasteiger partial charge in [0, 0.05) is 63.4 Å². The molecule has 2 aromatic rings. The monoisotopic (exact) mass is 676 g/mol. The Morgan fingerprint density at radius 3 is 2.44 bits per heavy atom. The number of carbonyl (C=O) groups is 5. The first-order valence-electron chi connectivity index (χ1n) is 16.5. The largest absolute Gasteiger partial charge is 0.377 e. The van der Waals surface area contributed by atoms with E-state index in [1.54, 1.807) is 50.4 Å². The van der Waals surface area contributed by atoms with Gasteiger partial charge in [0.2, 0.25) is 11.8 Å². The van der Waals surface area contributed by atoms with Crippen molar-refractivity contribution in [2.45, 2.75) is 51.1 Å². The maximum atomic E-state index is 13.3. The van der Waals surface area contributed by atoms with E-state index in [4.69, 9.17) is 5.41 Å². The van der Waals surface area contributed by atoms with Gasteiger partial charge in [-0.25, -0.2) is 0 Å². The van der Waals surface area contributed by atoms with Gasteiger partial charge in [0.25, 0.3) is 11.8 Å². The molecule has 5 rings (SSSR count). The average Bonchev–Trinajstić information content (AvgIpc) is 3.72. The first-order valence-corrected chi connectivity index (χ1v) is 16.5. The Labute approximate surface area is 291 Å². The quantitative estimate of drug-likeness (QED) is 0.114. The normalized spacial score (nSPS) is 16.4. The van der Waals surface area contributed by atoms with Crippen LogP contribution in [0.4, 0.5) is 17.1 Å². The van der Waals surface area contributed by atoms with Gasteiger partial charge in [0.05, 0.1) is 33.9 Å². The van der Waals surface area contributed by atoms with Crippen molar-refractivity contribution in [3.05, 3.63) is 64.9 Å². The number of nitrogens with one attached hydrogen (secondary N) is 4. The predicted octanol–water partition coefficient (Wildman–Crippen LogP) is 2.83. The number of likely N-dealkylation sites (N-methyl/N-ethyl adjacent to an activating group) is 1. The van der Waals surface area contributed by atoms with E-state index in [9.17, 15) is 29.2 Å². The van der Waals surface area contributed by atoms with Crippen molar-refractivity contribution in [2.24, 2.45) is 5.92 Å². The summed E-state index contributed by atoms with van der Waals surface area (Å²) in [6, 6.07) is 11.4. The minimum atomic E-state index is -1.08. The third-order valence-corrected chi connectivity index (χ3v) is 9.12. The van der Waals surface area contributed by atoms with Crippen LogP contribution in [0.3, 0.4) is 0 Å². The van der Waals surface area contributed by atoms with Gasteiger partial charge in [-0.2, -0.15) is 5.26 Å². The Bertz CT molecular complexity index is 1850. The molecule has 3 heterocycles. The second-order valence-corrected chi connectivity index (χ2v) is 13.0. The topological polar surface area (TPSA) is 179 Å². The zero-order chi connectivity index (χ0) is 36.0. The van der Waals surface area contributed by atoms with Crippen LogP contribution >= 0.6 is 0 Å². The smallest absolute Gasteiger partial charge is 0.262 e. The molecule has 0 saturated carbocycles. The molecule has 0 radical (unpaired) electrons. The minimum absolute atomic E-state index is 0.0149. The van der Waals surface area contributed by atoms with Crippen molar-refractivity contribution in [2.75, 3.05) is 48.3 Å². The van der Waals surface area contributed by atoms with Crippen molar-refractivity contribution in [3.8, 4) is 17.9 Å². The van der Waals surface area contributed by atoms with E-state index >= 15 is 0 Å². The SMILES string of the molecule is CNC(=O)C(CCC=O)N1C(=O)c2ccc(N3CC(C#C/C(C=N)=C/NC(C)(C)C(=O)Nc4ccc(C#N)c(N5CCCC5)c4)C3)cc2C1=O. The standard InChI is InChI=1S/C37H40N8O5/c1-37(2,36(50)42-27-11-10-26(20-39)32(17-27)43-14-4-5-15-43)41-21-24(19-38)8-9-25-22-44(23-25)28-12-13-29-30(18-28)35(49)45(34(29)48)31(7-6-16-46)33(47)40-3/h10-13,16-19,21,25,31,38,41H,4-7,14-15,22-23H2,1-3H3,(H,40,47)(H,42,50)/b24-21-,38-19?. The number of anilines is 3. The number of aldehydes is 1. The Morgan fingerprint density at radius 2 is 1.78 bits per heavy atom. The number of benzene rings is 2. The number of hydrogen-bond donors (Lipinski definition) is 4. The molecule has 0 bridgehead atoms. The number of fused-ring (bicyclic) bond motifs is 1. The van der Waals surface area contributed by atoms with Crippen molar-refractivity contribution >= 4 is 53.2 Å². The molecule has 2 saturated heterocycles. The molecule has 0 spiro atoms. The highest BCUT2D eigenvalue weighted by Crippen LogP contribution is 2.33. The van der Waals surface area contributed by atoms with Crippen LogP contribution in [0.5, 0.6) is 0 Å². The molecule has 2 fully saturated rings. The molecule has 3 aliphatic heterocycles. The highest BCUT2D eigenvalue weighted by molar-refractivity contribution is 6.23. The molecular formula is C37H40N8O5. The summed E-state index contributed by atoms with van der Waals surface area (Å²) in [6.07, 6.45) is 5.51. The van der Waals surface area contributed by atoms with Gasteiger partial charge < -0.3 is 36.0 Å². The van der Waals surface area contributed by atoms with E-state index in [1.807, 2.05) is 11.0 Å². The highest BCUT2D eigenvalue weighted by atomic mass is 16.2. The summed E-state index contributed by atoms with van der Waals surface area (Å²) in [4.78, 5) is 68.1. The van der Waals surface area contributed by atoms with Crippen LogP contribution in [0.15, 0.2) is 48.2 Å². The van der Waals surface area contributed by atoms with Crippen LogP contribution in [-0.2, 0) is 14.4 Å². The minimum Gasteiger partial charge on any atom is -0.377 e. The molecule has 0 aromatic heterocycles. The molecule has 13 nitrogen and oxygen atoms in total. The molecule has 3 aliphatic rings. The molecular weight excluding hydrogens is 636 g/mol. The summed E-state index contributed by atoms with van der Waals surface area (Å²) in [6.45, 7) is 6.32. The van der Waals surface area contributed by atoms with Gasteiger partial charge in [-0.3, -0.25) is 24.1 Å². The Kier molecular flexibility index (Phi) is 10.7. The molecule has 2 aromatic carbocycles. The lowest BCUT2D eigenvalue weighted by atomic mass is 9.98. The number of nitrogens with zero attached hydrogens (tertiary/aromatic N) is 4. The molecule has 50 heavy (non-hydrogen) atoms. The maximum absolute atomic E-state index is 13.3. The molecule has 4 amide bonds. The number of hydrogen-bond acceptors (Lipinski definition) is 10. The van der Waals surface area contributed by atoms with E-state index in [0.29, 0.717) is 36.2 Å². The van der Waals surface area contributed by atoms with Crippen LogP contribution in [0, 0.1) is 34.5 Å². The van der Waals surface area contributed by atoms with Crippen molar-refractivity contribution in [1.29, 1.82) is 10.7 Å². The van der Waals surface area contributed by atoms with Crippen LogP contribution in [0.2, 0.25) is 0 Å². The summed E-state index contributed by atoms with van der Waals surface area (Å²) in [7, 11) is 1.41. The third kappa shape index (κ3) is 7.37. The van der Waals surface area contributed by atoms with Gasteiger partial charge >= 0.3 is 0 Å². The fourth-order valence-electron chi connectivity index (χ4n) is 6.11. The number of carbonyl (C=O) groups excluding carboxylic acids is 5. The number of imide groups is 1. The molecule has 0 aliphatic carbocycles. The van der Waals surface area contributed by atoms with E-state index < -0.39 is 29.3 Å². The van der Waals surface area contributed by atoms with Crippen molar-refractivity contribution in [1.82, 2.24) is 15.5 Å². The Morgan fingerprint density at radius 1 is 1.06 bits per heavy atom. The summed E-state index contributed by atoms with van der Waals surface area (Å²) < 4.78 is 0. The van der Waals surface area contributed by atoms with Gasteiger partial charge in [0.15, 0.2) is 0 Å². The van der Waals surface area contributed by atoms with Crippen LogP contribution < -0.4 is 25.8 Å². The number of allylic oxidation sites excluding steroid dienone is 1. The van der Waals surface area contributed by atoms with Crippen LogP contribution in [-0.4, -0.2) is 85.8 Å². The maximum Gasteiger partial charge on any atom is 0.262 e. The number of amides is 4. The fourth-order valence-corrected chi connectivity index (χ4v) is 6.11. The van der Waals surface area contributed by atoms with Gasteiger partial charge in [-0.05, 0) is 69.5 Å². The van der Waals surface area contributed by atoms with E-state index in [0.717, 1.165) is 48.4 Å². The highest BCUT2D eigenvalue weighted by Gasteiger charge is 2.43. The zero-order valence-corrected chi connectivity index (χ0v) is 28.3. The summed E-state index contributed by atoms with van der Waals surface area (Å²) in [5.74, 6) is 4.21. The van der Waals surface area contributed by atoms with Crippen molar-refractivity contribution in [3.63, 3.8) is 0 Å². The Hall–Kier alpha value is -5.95. The molecule has 1 unspecified atom stereocenters. The lowest BCUT2D eigenvalue weighted by Crippen LogP contribution is -2.48. The lowest BCUT2D eigenvalue weighted by molar-refractivity contribution is -0.125. The third-order valence-electron chi connectivity index (χ3n) is 9.12. The van der Waals surface area contributed by atoms with Gasteiger partial charge in [0.1, 0.15) is 23.9 Å². The van der Waals surface area contributed by atoms with E-state index in [2.05, 4.69) is 38.8 Å². The predicted molar refractivity (Wildman–Crippen MR) is 189 cm³/mol. The second kappa shape index (κ2) is 15.1. The fraction of sp³-hybridized carbons (Fsp3) is 0.378. The van der Waals surface area contributed by atoms with Crippen molar-refractivity contribution < 1.29 is 24.0 Å². The summed E-state index contributed by atoms with van der Waals surface area (Å²) >= 11 is 0. The average molecular weight is 677 g/mol. The molecule has 258 valence electrons. The van der Waals surface area contributed by atoms with Crippen LogP contribution in [0.25, 0.3) is 0 Å². The second-order valence-electron chi connectivity index (χ2n) is 13.0. The molecule has 4 N–H and O–H groups in total. The van der Waals surface area contributed by atoms with E-state index in [-0.39, 0.29) is 35.8 Å². The number of rotatable bonds is 12. The first-order chi connectivity index (χ1) is 24.0. The van der Waals surface area contributed by atoms with Gasteiger partial charge in [-0.1, -0.05) is 11.8 Å². The summed E-state index contributed by atoms with van der Waals surface area (Å²) in [5, 5.41) is 25.9. The lowest BCUT2D eigenvalue weighted by Gasteiger charge is -2.38. The van der Waals surface area contributed by atoms with E-state index in [1.165, 1.54) is 7.05 Å². The molecule has 1 atom stereocenters. The van der Waals surface area contributed by atoms with Gasteiger partial charge in [-0.15, -0.1) is 0 Å². The zero-order valence-electron chi connectivity index (χ0n) is 28.3. The first kappa shape index (κ1) is 35.4.